The van der Waals surface area contributed by atoms with Gasteiger partial charge >= 0.3 is 0 Å². The molecule has 29 heavy (non-hydrogen) atoms. The van der Waals surface area contributed by atoms with Crippen LogP contribution in [0.5, 0.6) is 0 Å². The number of amides is 1. The Hall–Kier alpha value is -3.55. The lowest BCUT2D eigenvalue weighted by Crippen LogP contribution is -2.14. The molecule has 4 aromatic heterocycles. The summed E-state index contributed by atoms with van der Waals surface area (Å²) in [5, 5.41) is 7.09. The van der Waals surface area contributed by atoms with Gasteiger partial charge in [0, 0.05) is 31.1 Å². The number of carbonyl (C=O) groups is 1. The molecule has 8 heteroatoms. The van der Waals surface area contributed by atoms with Crippen LogP contribution in [-0.2, 0) is 13.0 Å². The Kier molecular flexibility index (Phi) is 4.31. The van der Waals surface area contributed by atoms with Crippen LogP contribution in [0.4, 0.5) is 5.69 Å². The predicted octanol–water partition coefficient (Wildman–Crippen LogP) is 3.30. The second-order valence-electron chi connectivity index (χ2n) is 7.28. The summed E-state index contributed by atoms with van der Waals surface area (Å²) in [7, 11) is 0. The number of hydrogen-bond acceptors (Lipinski definition) is 5. The Morgan fingerprint density at radius 3 is 2.90 bits per heavy atom. The SMILES string of the molecule is Cc1cc(C(=O)Nc2ccc(-n3cccn3)nc2)c2nc3n(c2n1)CCCCC3. The number of anilines is 1. The Balaban J connectivity index is 1.46. The highest BCUT2D eigenvalue weighted by atomic mass is 16.1. The van der Waals surface area contributed by atoms with Crippen LogP contribution < -0.4 is 5.32 Å². The molecule has 5 heterocycles. The number of carbonyl (C=O) groups excluding carboxylic acids is 1. The van der Waals surface area contributed by atoms with E-state index in [1.807, 2.05) is 31.3 Å². The molecule has 4 aromatic rings. The number of aromatic nitrogens is 6. The first-order valence-electron chi connectivity index (χ1n) is 9.83. The summed E-state index contributed by atoms with van der Waals surface area (Å²) in [6, 6.07) is 7.27. The van der Waals surface area contributed by atoms with E-state index in [2.05, 4.69) is 25.0 Å². The van der Waals surface area contributed by atoms with Crippen molar-refractivity contribution >= 4 is 22.8 Å². The van der Waals surface area contributed by atoms with Crippen LogP contribution in [-0.4, -0.2) is 35.2 Å². The zero-order valence-corrected chi connectivity index (χ0v) is 16.2. The van der Waals surface area contributed by atoms with Crippen LogP contribution in [0.3, 0.4) is 0 Å². The van der Waals surface area contributed by atoms with Crippen LogP contribution in [0, 0.1) is 6.92 Å². The zero-order valence-electron chi connectivity index (χ0n) is 16.2. The van der Waals surface area contributed by atoms with Gasteiger partial charge < -0.3 is 9.88 Å². The smallest absolute Gasteiger partial charge is 0.258 e. The van der Waals surface area contributed by atoms with Gasteiger partial charge in [-0.15, -0.1) is 0 Å². The molecule has 1 N–H and O–H groups in total. The maximum absolute atomic E-state index is 13.0. The van der Waals surface area contributed by atoms with Crippen molar-refractivity contribution in [1.29, 1.82) is 0 Å². The number of nitrogens with one attached hydrogen (secondary N) is 1. The van der Waals surface area contributed by atoms with Gasteiger partial charge in [0.1, 0.15) is 11.3 Å². The highest BCUT2D eigenvalue weighted by Gasteiger charge is 2.21. The molecule has 0 atom stereocenters. The molecule has 0 aliphatic carbocycles. The van der Waals surface area contributed by atoms with E-state index < -0.39 is 0 Å². The van der Waals surface area contributed by atoms with Gasteiger partial charge in [-0.25, -0.2) is 19.6 Å². The van der Waals surface area contributed by atoms with E-state index in [1.165, 1.54) is 6.42 Å². The van der Waals surface area contributed by atoms with E-state index in [9.17, 15) is 4.79 Å². The molecule has 146 valence electrons. The monoisotopic (exact) mass is 387 g/mol. The number of imidazole rings is 1. The molecule has 0 fully saturated rings. The molecule has 0 saturated heterocycles. The molecule has 0 saturated carbocycles. The number of rotatable bonds is 3. The molecule has 0 aromatic carbocycles. The summed E-state index contributed by atoms with van der Waals surface area (Å²) in [5.41, 5.74) is 3.45. The van der Waals surface area contributed by atoms with E-state index in [0.29, 0.717) is 22.6 Å². The molecule has 0 unspecified atom stereocenters. The number of hydrogen-bond donors (Lipinski definition) is 1. The maximum Gasteiger partial charge on any atom is 0.258 e. The van der Waals surface area contributed by atoms with Crippen LogP contribution in [0.15, 0.2) is 42.9 Å². The number of fused-ring (bicyclic) bond motifs is 3. The second kappa shape index (κ2) is 7.12. The van der Waals surface area contributed by atoms with Gasteiger partial charge in [-0.2, -0.15) is 5.10 Å². The molecule has 0 bridgehead atoms. The third kappa shape index (κ3) is 3.26. The minimum absolute atomic E-state index is 0.206. The number of aryl methyl sites for hydroxylation is 3. The van der Waals surface area contributed by atoms with Gasteiger partial charge in [0.15, 0.2) is 11.5 Å². The van der Waals surface area contributed by atoms with Gasteiger partial charge in [0.05, 0.1) is 17.4 Å². The first-order chi connectivity index (χ1) is 14.2. The van der Waals surface area contributed by atoms with Gasteiger partial charge in [-0.3, -0.25) is 4.79 Å². The van der Waals surface area contributed by atoms with Gasteiger partial charge in [0.2, 0.25) is 0 Å². The summed E-state index contributed by atoms with van der Waals surface area (Å²) >= 11 is 0. The summed E-state index contributed by atoms with van der Waals surface area (Å²) in [6.07, 6.45) is 9.51. The Morgan fingerprint density at radius 2 is 2.10 bits per heavy atom. The van der Waals surface area contributed by atoms with Crippen LogP contribution in [0.1, 0.15) is 41.1 Å². The fourth-order valence-corrected chi connectivity index (χ4v) is 3.79. The second-order valence-corrected chi connectivity index (χ2v) is 7.28. The Morgan fingerprint density at radius 1 is 1.17 bits per heavy atom. The number of pyridine rings is 2. The minimum Gasteiger partial charge on any atom is -0.321 e. The normalized spacial score (nSPS) is 13.8. The van der Waals surface area contributed by atoms with E-state index >= 15 is 0 Å². The lowest BCUT2D eigenvalue weighted by Gasteiger charge is -2.08. The first-order valence-corrected chi connectivity index (χ1v) is 9.83. The molecule has 0 radical (unpaired) electrons. The van der Waals surface area contributed by atoms with Crippen molar-refractivity contribution < 1.29 is 4.79 Å². The molecule has 0 spiro atoms. The van der Waals surface area contributed by atoms with E-state index in [0.717, 1.165) is 43.0 Å². The van der Waals surface area contributed by atoms with Crippen molar-refractivity contribution in [3.8, 4) is 5.82 Å². The average Bonchev–Trinajstić information content (AvgIpc) is 3.31. The third-order valence-electron chi connectivity index (χ3n) is 5.18. The Bertz CT molecular complexity index is 1180. The van der Waals surface area contributed by atoms with E-state index in [4.69, 9.17) is 4.98 Å². The van der Waals surface area contributed by atoms with Crippen molar-refractivity contribution in [2.24, 2.45) is 0 Å². The van der Waals surface area contributed by atoms with E-state index in [-0.39, 0.29) is 5.91 Å². The summed E-state index contributed by atoms with van der Waals surface area (Å²) in [6.45, 7) is 2.81. The molecule has 8 nitrogen and oxygen atoms in total. The van der Waals surface area contributed by atoms with Crippen LogP contribution in [0.25, 0.3) is 17.0 Å². The molecular formula is C21H21N7O. The van der Waals surface area contributed by atoms with Crippen molar-refractivity contribution in [1.82, 2.24) is 29.3 Å². The molecule has 1 amide bonds. The van der Waals surface area contributed by atoms with E-state index in [1.54, 1.807) is 23.1 Å². The van der Waals surface area contributed by atoms with Gasteiger partial charge in [0.25, 0.3) is 5.91 Å². The highest BCUT2D eigenvalue weighted by molar-refractivity contribution is 6.11. The first kappa shape index (κ1) is 17.5. The predicted molar refractivity (Wildman–Crippen MR) is 109 cm³/mol. The topological polar surface area (TPSA) is 90.5 Å². The highest BCUT2D eigenvalue weighted by Crippen LogP contribution is 2.24. The van der Waals surface area contributed by atoms with Crippen molar-refractivity contribution in [3.05, 3.63) is 59.9 Å². The number of nitrogens with zero attached hydrogens (tertiary/aromatic N) is 6. The molecule has 1 aliphatic heterocycles. The van der Waals surface area contributed by atoms with Crippen molar-refractivity contribution in [3.63, 3.8) is 0 Å². The average molecular weight is 387 g/mol. The maximum atomic E-state index is 13.0. The lowest BCUT2D eigenvalue weighted by atomic mass is 10.2. The third-order valence-corrected chi connectivity index (χ3v) is 5.18. The molecule has 1 aliphatic rings. The van der Waals surface area contributed by atoms with Gasteiger partial charge in [-0.05, 0) is 44.0 Å². The fourth-order valence-electron chi connectivity index (χ4n) is 3.79. The van der Waals surface area contributed by atoms with Crippen molar-refractivity contribution in [2.45, 2.75) is 39.2 Å². The van der Waals surface area contributed by atoms with Crippen LogP contribution >= 0.6 is 0 Å². The lowest BCUT2D eigenvalue weighted by molar-refractivity contribution is 0.102. The van der Waals surface area contributed by atoms with Crippen LogP contribution in [0.2, 0.25) is 0 Å². The van der Waals surface area contributed by atoms with Crippen molar-refractivity contribution in [2.75, 3.05) is 5.32 Å². The summed E-state index contributed by atoms with van der Waals surface area (Å²) < 4.78 is 3.84. The Labute approximate surface area is 167 Å². The molecular weight excluding hydrogens is 366 g/mol. The quantitative estimate of drug-likeness (QED) is 0.582. The zero-order chi connectivity index (χ0) is 19.8. The molecule has 5 rings (SSSR count). The van der Waals surface area contributed by atoms with Gasteiger partial charge in [-0.1, -0.05) is 6.42 Å². The fraction of sp³-hybridized carbons (Fsp3) is 0.286. The summed E-state index contributed by atoms with van der Waals surface area (Å²) in [4.78, 5) is 26.9. The summed E-state index contributed by atoms with van der Waals surface area (Å²) in [5.74, 6) is 1.50. The largest absolute Gasteiger partial charge is 0.321 e. The minimum atomic E-state index is -0.206. The standard InChI is InChI=1S/C21H21N7O/c1-14-12-16(19-20(24-14)27-10-4-2-3-6-18(27)26-19)21(29)25-15-7-8-17(22-13-15)28-11-5-9-23-28/h5,7-9,11-13H,2-4,6,10H2,1H3,(H,25,29).